The molecule has 2 amide bonds. The Balaban J connectivity index is 1.90. The number of carbonyl (C=O) groups is 3. The second kappa shape index (κ2) is 11.0. The predicted molar refractivity (Wildman–Crippen MR) is 131 cm³/mol. The highest BCUT2D eigenvalue weighted by atomic mass is 35.5. The normalized spacial score (nSPS) is 13.5. The van der Waals surface area contributed by atoms with Crippen molar-refractivity contribution in [2.45, 2.75) is 38.5 Å². The lowest BCUT2D eigenvalue weighted by molar-refractivity contribution is -0.175. The standard InChI is InChI=1S/C24H21Cl2F3N2O3S/c1-12(2)20(21(32)24(27,28)29)31-23(34)18(9-13-4-3-5-14(25)8-13)30-22(33)17-11-35-19-7-6-15(26)10-16(17)19/h3-8,10-12,18,20H,9H2,1-2H3,(H,30,33)(H,31,34). The minimum atomic E-state index is -5.12. The number of hydrogen-bond acceptors (Lipinski definition) is 4. The third kappa shape index (κ3) is 6.74. The Labute approximate surface area is 213 Å². The summed E-state index contributed by atoms with van der Waals surface area (Å²) in [4.78, 5) is 38.1. The summed E-state index contributed by atoms with van der Waals surface area (Å²) in [5.41, 5.74) is 0.836. The van der Waals surface area contributed by atoms with Crippen molar-refractivity contribution in [3.05, 3.63) is 69.0 Å². The van der Waals surface area contributed by atoms with Crippen LogP contribution >= 0.6 is 34.5 Å². The van der Waals surface area contributed by atoms with Crippen molar-refractivity contribution in [2.75, 3.05) is 0 Å². The Bertz CT molecular complexity index is 1260. The summed E-state index contributed by atoms with van der Waals surface area (Å²) in [7, 11) is 0. The zero-order valence-electron chi connectivity index (χ0n) is 18.6. The first-order valence-electron chi connectivity index (χ1n) is 10.5. The smallest absolute Gasteiger partial charge is 0.344 e. The second-order valence-electron chi connectivity index (χ2n) is 8.24. The largest absolute Gasteiger partial charge is 0.452 e. The second-order valence-corrected chi connectivity index (χ2v) is 10.0. The number of amides is 2. The number of benzene rings is 2. The highest BCUT2D eigenvalue weighted by molar-refractivity contribution is 7.17. The van der Waals surface area contributed by atoms with E-state index in [2.05, 4.69) is 10.6 Å². The van der Waals surface area contributed by atoms with Crippen molar-refractivity contribution in [3.63, 3.8) is 0 Å². The van der Waals surface area contributed by atoms with Gasteiger partial charge in [0.15, 0.2) is 0 Å². The molecule has 5 nitrogen and oxygen atoms in total. The van der Waals surface area contributed by atoms with Crippen LogP contribution in [0.3, 0.4) is 0 Å². The maximum Gasteiger partial charge on any atom is 0.452 e. The monoisotopic (exact) mass is 544 g/mol. The van der Waals surface area contributed by atoms with Crippen LogP contribution in [-0.4, -0.2) is 35.9 Å². The zero-order valence-corrected chi connectivity index (χ0v) is 20.9. The molecule has 2 aromatic carbocycles. The van der Waals surface area contributed by atoms with E-state index in [1.165, 1.54) is 25.2 Å². The van der Waals surface area contributed by atoms with Gasteiger partial charge in [0.25, 0.3) is 11.7 Å². The quantitative estimate of drug-likeness (QED) is 0.375. The van der Waals surface area contributed by atoms with Crippen LogP contribution < -0.4 is 10.6 Å². The Morgan fingerprint density at radius 3 is 2.31 bits per heavy atom. The first kappa shape index (κ1) is 27.0. The minimum Gasteiger partial charge on any atom is -0.344 e. The van der Waals surface area contributed by atoms with E-state index in [1.807, 2.05) is 0 Å². The van der Waals surface area contributed by atoms with E-state index in [1.54, 1.807) is 47.8 Å². The number of thiophene rings is 1. The summed E-state index contributed by atoms with van der Waals surface area (Å²) in [6.07, 6.45) is -5.19. The number of nitrogens with one attached hydrogen (secondary N) is 2. The van der Waals surface area contributed by atoms with Crippen LogP contribution in [-0.2, 0) is 16.0 Å². The van der Waals surface area contributed by atoms with Gasteiger partial charge in [0.05, 0.1) is 11.6 Å². The molecule has 2 atom stereocenters. The molecule has 0 aliphatic carbocycles. The van der Waals surface area contributed by atoms with Crippen LogP contribution in [0.4, 0.5) is 13.2 Å². The van der Waals surface area contributed by atoms with Gasteiger partial charge in [0.2, 0.25) is 5.91 Å². The molecular formula is C24H21Cl2F3N2O3S. The summed E-state index contributed by atoms with van der Waals surface area (Å²) in [6, 6.07) is 8.48. The molecule has 0 spiro atoms. The van der Waals surface area contributed by atoms with Gasteiger partial charge in [-0.05, 0) is 41.8 Å². The van der Waals surface area contributed by atoms with Crippen molar-refractivity contribution in [2.24, 2.45) is 5.92 Å². The number of Topliss-reactive ketones (excluding diaryl/α,β-unsaturated/α-hetero) is 1. The Morgan fingerprint density at radius 1 is 1.00 bits per heavy atom. The predicted octanol–water partition coefficient (Wildman–Crippen LogP) is 5.82. The summed E-state index contributed by atoms with van der Waals surface area (Å²) in [5.74, 6) is -4.43. The number of fused-ring (bicyclic) bond motifs is 1. The maximum atomic E-state index is 13.1. The molecule has 0 aliphatic rings. The molecule has 2 N–H and O–H groups in total. The van der Waals surface area contributed by atoms with Crippen LogP contribution in [0.15, 0.2) is 47.8 Å². The molecule has 1 heterocycles. The van der Waals surface area contributed by atoms with Crippen molar-refractivity contribution in [3.8, 4) is 0 Å². The van der Waals surface area contributed by atoms with Crippen LogP contribution in [0.2, 0.25) is 10.0 Å². The van der Waals surface area contributed by atoms with Crippen LogP contribution in [0.5, 0.6) is 0 Å². The number of alkyl halides is 3. The van der Waals surface area contributed by atoms with Crippen molar-refractivity contribution < 1.29 is 27.6 Å². The fourth-order valence-corrected chi connectivity index (χ4v) is 4.79. The van der Waals surface area contributed by atoms with Crippen LogP contribution in [0.1, 0.15) is 29.8 Å². The molecule has 3 rings (SSSR count). The van der Waals surface area contributed by atoms with Crippen molar-refractivity contribution in [1.82, 2.24) is 10.6 Å². The first-order valence-corrected chi connectivity index (χ1v) is 12.1. The van der Waals surface area contributed by atoms with Crippen molar-refractivity contribution in [1.29, 1.82) is 0 Å². The van der Waals surface area contributed by atoms with Gasteiger partial charge in [-0.1, -0.05) is 49.2 Å². The van der Waals surface area contributed by atoms with Gasteiger partial charge in [0, 0.05) is 31.9 Å². The molecule has 0 fully saturated rings. The maximum absolute atomic E-state index is 13.1. The molecule has 35 heavy (non-hydrogen) atoms. The average molecular weight is 545 g/mol. The molecule has 186 valence electrons. The lowest BCUT2D eigenvalue weighted by atomic mass is 9.98. The molecule has 0 saturated carbocycles. The van der Waals surface area contributed by atoms with Crippen molar-refractivity contribution >= 4 is 62.2 Å². The van der Waals surface area contributed by atoms with Gasteiger partial charge in [-0.25, -0.2) is 0 Å². The number of halogens is 5. The minimum absolute atomic E-state index is 0.0635. The molecule has 3 aromatic rings. The Hall–Kier alpha value is -2.62. The molecule has 0 saturated heterocycles. The van der Waals surface area contributed by atoms with E-state index in [0.29, 0.717) is 21.0 Å². The summed E-state index contributed by atoms with van der Waals surface area (Å²) in [6.45, 7) is 2.78. The van der Waals surface area contributed by atoms with Gasteiger partial charge in [-0.3, -0.25) is 14.4 Å². The lowest BCUT2D eigenvalue weighted by Gasteiger charge is -2.25. The number of carbonyl (C=O) groups excluding carboxylic acids is 3. The van der Waals surface area contributed by atoms with Gasteiger partial charge in [-0.2, -0.15) is 13.2 Å². The fourth-order valence-electron chi connectivity index (χ4n) is 3.49. The van der Waals surface area contributed by atoms with Crippen LogP contribution in [0.25, 0.3) is 10.1 Å². The number of ketones is 1. The SMILES string of the molecule is CC(C)C(NC(=O)C(Cc1cccc(Cl)c1)NC(=O)c1csc2ccc(Cl)cc12)C(=O)C(F)(F)F. The van der Waals surface area contributed by atoms with Crippen LogP contribution in [0, 0.1) is 5.92 Å². The lowest BCUT2D eigenvalue weighted by Crippen LogP contribution is -2.56. The van der Waals surface area contributed by atoms with Gasteiger partial charge in [-0.15, -0.1) is 11.3 Å². The van der Waals surface area contributed by atoms with Gasteiger partial charge < -0.3 is 10.6 Å². The molecule has 0 aliphatic heterocycles. The summed E-state index contributed by atoms with van der Waals surface area (Å²) >= 11 is 13.4. The van der Waals surface area contributed by atoms with Gasteiger partial charge in [0.1, 0.15) is 6.04 Å². The molecule has 11 heteroatoms. The zero-order chi connectivity index (χ0) is 25.9. The van der Waals surface area contributed by atoms with E-state index >= 15 is 0 Å². The third-order valence-electron chi connectivity index (χ3n) is 5.26. The van der Waals surface area contributed by atoms with E-state index in [9.17, 15) is 27.6 Å². The molecule has 0 radical (unpaired) electrons. The molecule has 1 aromatic heterocycles. The molecule has 2 unspecified atom stereocenters. The van der Waals surface area contributed by atoms with E-state index in [4.69, 9.17) is 23.2 Å². The highest BCUT2D eigenvalue weighted by Crippen LogP contribution is 2.29. The average Bonchev–Trinajstić information content (AvgIpc) is 3.18. The van der Waals surface area contributed by atoms with E-state index < -0.39 is 41.8 Å². The number of hydrogen-bond donors (Lipinski definition) is 2. The molecular weight excluding hydrogens is 524 g/mol. The summed E-state index contributed by atoms with van der Waals surface area (Å²) < 4.78 is 40.1. The Kier molecular flexibility index (Phi) is 8.46. The topological polar surface area (TPSA) is 75.3 Å². The van der Waals surface area contributed by atoms with E-state index in [0.717, 1.165) is 4.70 Å². The Morgan fingerprint density at radius 2 is 1.69 bits per heavy atom. The third-order valence-corrected chi connectivity index (χ3v) is 6.69. The summed E-state index contributed by atoms with van der Waals surface area (Å²) in [5, 5.41) is 7.77. The van der Waals surface area contributed by atoms with E-state index in [-0.39, 0.29) is 12.0 Å². The first-order chi connectivity index (χ1) is 16.4. The fraction of sp³-hybridized carbons (Fsp3) is 0.292. The molecule has 0 bridgehead atoms. The number of rotatable bonds is 8. The van der Waals surface area contributed by atoms with Gasteiger partial charge >= 0.3 is 6.18 Å². The highest BCUT2D eigenvalue weighted by Gasteiger charge is 2.45.